The van der Waals surface area contributed by atoms with Gasteiger partial charge in [-0.2, -0.15) is 11.8 Å². The van der Waals surface area contributed by atoms with E-state index in [1.54, 1.807) is 0 Å². The van der Waals surface area contributed by atoms with Crippen LogP contribution in [-0.2, 0) is 5.75 Å². The summed E-state index contributed by atoms with van der Waals surface area (Å²) in [4.78, 5) is 9.40. The van der Waals surface area contributed by atoms with Crippen LogP contribution < -0.4 is 4.90 Å². The molecule has 0 N–H and O–H groups in total. The van der Waals surface area contributed by atoms with E-state index in [2.05, 4.69) is 54.2 Å². The molecule has 0 aromatic carbocycles. The Bertz CT molecular complexity index is 397. The first-order valence-electron chi connectivity index (χ1n) is 7.47. The molecule has 2 rings (SSSR count). The zero-order valence-corrected chi connectivity index (χ0v) is 14.0. The lowest BCUT2D eigenvalue weighted by Gasteiger charge is -2.37. The molecule has 3 nitrogen and oxygen atoms in total. The first kappa shape index (κ1) is 15.6. The van der Waals surface area contributed by atoms with Crippen molar-refractivity contribution in [3.8, 4) is 0 Å². The van der Waals surface area contributed by atoms with Crippen LogP contribution in [0.4, 0.5) is 5.82 Å². The highest BCUT2D eigenvalue weighted by Crippen LogP contribution is 2.25. The van der Waals surface area contributed by atoms with Crippen molar-refractivity contribution in [2.75, 3.05) is 38.3 Å². The quantitative estimate of drug-likeness (QED) is 0.830. The Morgan fingerprint density at radius 1 is 1.35 bits per heavy atom. The van der Waals surface area contributed by atoms with Crippen molar-refractivity contribution in [1.82, 2.24) is 9.88 Å². The molecule has 1 aliphatic heterocycles. The first-order chi connectivity index (χ1) is 9.61. The van der Waals surface area contributed by atoms with Gasteiger partial charge in [0.25, 0.3) is 0 Å². The number of aromatic nitrogens is 1. The standard InChI is InChI=1S/C16H27N3S/c1-13(18(2)3)15-7-9-19(10-8-15)16-6-5-14(11-17-16)12-20-4/h5-6,11,13,15H,7-10,12H2,1-4H3. The van der Waals surface area contributed by atoms with Crippen LogP contribution in [0.5, 0.6) is 0 Å². The van der Waals surface area contributed by atoms with E-state index in [-0.39, 0.29) is 0 Å². The van der Waals surface area contributed by atoms with Gasteiger partial charge in [-0.3, -0.25) is 0 Å². The molecule has 4 heteroatoms. The van der Waals surface area contributed by atoms with Gasteiger partial charge in [-0.05, 0) is 57.7 Å². The third kappa shape index (κ3) is 3.89. The lowest BCUT2D eigenvalue weighted by atomic mass is 9.90. The Morgan fingerprint density at radius 3 is 2.55 bits per heavy atom. The van der Waals surface area contributed by atoms with Gasteiger partial charge in [0.15, 0.2) is 0 Å². The van der Waals surface area contributed by atoms with Gasteiger partial charge >= 0.3 is 0 Å². The van der Waals surface area contributed by atoms with E-state index in [9.17, 15) is 0 Å². The van der Waals surface area contributed by atoms with Gasteiger partial charge in [-0.1, -0.05) is 6.07 Å². The highest BCUT2D eigenvalue weighted by molar-refractivity contribution is 7.97. The van der Waals surface area contributed by atoms with Crippen molar-refractivity contribution >= 4 is 17.6 Å². The van der Waals surface area contributed by atoms with E-state index >= 15 is 0 Å². The van der Waals surface area contributed by atoms with Crippen molar-refractivity contribution in [3.05, 3.63) is 23.9 Å². The fourth-order valence-corrected chi connectivity index (χ4v) is 3.39. The van der Waals surface area contributed by atoms with E-state index in [4.69, 9.17) is 0 Å². The van der Waals surface area contributed by atoms with E-state index in [1.165, 1.54) is 18.4 Å². The number of pyridine rings is 1. The Hall–Kier alpha value is -0.740. The van der Waals surface area contributed by atoms with Crippen molar-refractivity contribution < 1.29 is 0 Å². The Kier molecular flexibility index (Phi) is 5.73. The molecule has 1 atom stereocenters. The van der Waals surface area contributed by atoms with Gasteiger partial charge in [-0.15, -0.1) is 0 Å². The monoisotopic (exact) mass is 293 g/mol. The molecule has 0 bridgehead atoms. The highest BCUT2D eigenvalue weighted by atomic mass is 32.2. The Labute approximate surface area is 127 Å². The molecular weight excluding hydrogens is 266 g/mol. The minimum atomic E-state index is 0.675. The normalized spacial score (nSPS) is 18.6. The Balaban J connectivity index is 1.90. The summed E-state index contributed by atoms with van der Waals surface area (Å²) in [7, 11) is 4.37. The van der Waals surface area contributed by atoms with Gasteiger partial charge in [0, 0.05) is 31.1 Å². The summed E-state index contributed by atoms with van der Waals surface area (Å²) < 4.78 is 0. The zero-order valence-electron chi connectivity index (χ0n) is 13.2. The molecule has 1 aromatic heterocycles. The van der Waals surface area contributed by atoms with Crippen LogP contribution in [0.25, 0.3) is 0 Å². The molecule has 112 valence electrons. The number of anilines is 1. The minimum Gasteiger partial charge on any atom is -0.357 e. The molecule has 1 saturated heterocycles. The van der Waals surface area contributed by atoms with Crippen molar-refractivity contribution in [2.45, 2.75) is 31.6 Å². The predicted molar refractivity (Wildman–Crippen MR) is 89.5 cm³/mol. The molecule has 0 aliphatic carbocycles. The summed E-state index contributed by atoms with van der Waals surface area (Å²) in [6.45, 7) is 4.62. The second-order valence-electron chi connectivity index (χ2n) is 5.99. The van der Waals surface area contributed by atoms with Crippen LogP contribution in [0.2, 0.25) is 0 Å². The topological polar surface area (TPSA) is 19.4 Å². The van der Waals surface area contributed by atoms with Crippen molar-refractivity contribution in [1.29, 1.82) is 0 Å². The van der Waals surface area contributed by atoms with Crippen LogP contribution in [-0.4, -0.2) is 49.4 Å². The van der Waals surface area contributed by atoms with Gasteiger partial charge in [0.05, 0.1) is 0 Å². The molecule has 0 amide bonds. The van der Waals surface area contributed by atoms with E-state index in [1.807, 2.05) is 18.0 Å². The largest absolute Gasteiger partial charge is 0.357 e. The van der Waals surface area contributed by atoms with Gasteiger partial charge < -0.3 is 9.80 Å². The maximum Gasteiger partial charge on any atom is 0.128 e. The summed E-state index contributed by atoms with van der Waals surface area (Å²) in [6, 6.07) is 5.07. The summed E-state index contributed by atoms with van der Waals surface area (Å²) in [5.41, 5.74) is 1.32. The van der Waals surface area contributed by atoms with Gasteiger partial charge in [0.1, 0.15) is 5.82 Å². The van der Waals surface area contributed by atoms with E-state index in [0.717, 1.165) is 30.6 Å². The summed E-state index contributed by atoms with van der Waals surface area (Å²) in [5, 5.41) is 0. The molecule has 1 aliphatic rings. The molecule has 2 heterocycles. The van der Waals surface area contributed by atoms with E-state index in [0.29, 0.717) is 6.04 Å². The highest BCUT2D eigenvalue weighted by Gasteiger charge is 2.25. The number of thioether (sulfide) groups is 1. The number of rotatable bonds is 5. The lowest BCUT2D eigenvalue weighted by Crippen LogP contribution is -2.41. The van der Waals surface area contributed by atoms with Crippen LogP contribution in [0.1, 0.15) is 25.3 Å². The zero-order chi connectivity index (χ0) is 14.5. The molecular formula is C16H27N3S. The second-order valence-corrected chi connectivity index (χ2v) is 6.85. The van der Waals surface area contributed by atoms with Gasteiger partial charge in [-0.25, -0.2) is 4.98 Å². The number of hydrogen-bond acceptors (Lipinski definition) is 4. The lowest BCUT2D eigenvalue weighted by molar-refractivity contribution is 0.199. The van der Waals surface area contributed by atoms with Crippen molar-refractivity contribution in [2.24, 2.45) is 5.92 Å². The van der Waals surface area contributed by atoms with Crippen LogP contribution in [0, 0.1) is 5.92 Å². The molecule has 1 aromatic rings. The minimum absolute atomic E-state index is 0.675. The number of hydrogen-bond donors (Lipinski definition) is 0. The maximum absolute atomic E-state index is 4.63. The SMILES string of the molecule is CSCc1ccc(N2CCC(C(C)N(C)C)CC2)nc1. The molecule has 0 spiro atoms. The third-order valence-electron chi connectivity index (χ3n) is 4.48. The molecule has 0 radical (unpaired) electrons. The van der Waals surface area contributed by atoms with Gasteiger partial charge in [0.2, 0.25) is 0 Å². The number of piperidine rings is 1. The molecule has 1 fully saturated rings. The molecule has 20 heavy (non-hydrogen) atoms. The predicted octanol–water partition coefficient (Wildman–Crippen LogP) is 3.11. The summed E-state index contributed by atoms with van der Waals surface area (Å²) in [6.07, 6.45) is 6.70. The van der Waals surface area contributed by atoms with Crippen LogP contribution in [0.3, 0.4) is 0 Å². The molecule has 0 saturated carbocycles. The Morgan fingerprint density at radius 2 is 2.05 bits per heavy atom. The fraction of sp³-hybridized carbons (Fsp3) is 0.688. The third-order valence-corrected chi connectivity index (χ3v) is 5.10. The summed E-state index contributed by atoms with van der Waals surface area (Å²) >= 11 is 1.84. The van der Waals surface area contributed by atoms with Crippen LogP contribution >= 0.6 is 11.8 Å². The summed E-state index contributed by atoms with van der Waals surface area (Å²) in [5.74, 6) is 3.01. The maximum atomic E-state index is 4.63. The smallest absolute Gasteiger partial charge is 0.128 e. The second kappa shape index (κ2) is 7.32. The van der Waals surface area contributed by atoms with Crippen molar-refractivity contribution in [3.63, 3.8) is 0 Å². The van der Waals surface area contributed by atoms with E-state index < -0.39 is 0 Å². The fourth-order valence-electron chi connectivity index (χ4n) is 2.89. The number of nitrogens with zero attached hydrogens (tertiary/aromatic N) is 3. The molecule has 1 unspecified atom stereocenters. The average molecular weight is 293 g/mol. The average Bonchev–Trinajstić information content (AvgIpc) is 2.48. The first-order valence-corrected chi connectivity index (χ1v) is 8.86. The van der Waals surface area contributed by atoms with Crippen LogP contribution in [0.15, 0.2) is 18.3 Å².